The zero-order valence-electron chi connectivity index (χ0n) is 16.4. The first-order valence-corrected chi connectivity index (χ1v) is 9.47. The topological polar surface area (TPSA) is 91.1 Å². The predicted octanol–water partition coefficient (Wildman–Crippen LogP) is 0.855. The van der Waals surface area contributed by atoms with Gasteiger partial charge in [0, 0.05) is 50.6 Å². The van der Waals surface area contributed by atoms with Gasteiger partial charge in [-0.3, -0.25) is 14.4 Å². The highest BCUT2D eigenvalue weighted by Crippen LogP contribution is 2.22. The molecule has 29 heavy (non-hydrogen) atoms. The number of hydrogen-bond donors (Lipinski definition) is 0. The van der Waals surface area contributed by atoms with E-state index in [1.165, 1.54) is 9.69 Å². The second-order valence-corrected chi connectivity index (χ2v) is 7.22. The Balaban J connectivity index is 1.40. The Kier molecular flexibility index (Phi) is 4.87. The van der Waals surface area contributed by atoms with Gasteiger partial charge in [0.1, 0.15) is 0 Å². The Morgan fingerprint density at radius 3 is 2.28 bits per heavy atom. The zero-order valence-corrected chi connectivity index (χ0v) is 16.4. The number of carbonyl (C=O) groups is 2. The van der Waals surface area contributed by atoms with Crippen LogP contribution >= 0.6 is 0 Å². The van der Waals surface area contributed by atoms with E-state index in [1.54, 1.807) is 48.5 Å². The van der Waals surface area contributed by atoms with E-state index < -0.39 is 0 Å². The van der Waals surface area contributed by atoms with Crippen LogP contribution in [0.3, 0.4) is 0 Å². The summed E-state index contributed by atoms with van der Waals surface area (Å²) in [6.07, 6.45) is 2.00. The molecular weight excluding hydrogens is 372 g/mol. The van der Waals surface area contributed by atoms with Crippen molar-refractivity contribution in [1.82, 2.24) is 14.7 Å². The number of rotatable bonds is 3. The number of benzene rings is 1. The lowest BCUT2D eigenvalue weighted by molar-refractivity contribution is -0.116. The highest BCUT2D eigenvalue weighted by molar-refractivity contribution is 6.12. The molecule has 0 unspecified atom stereocenters. The van der Waals surface area contributed by atoms with Gasteiger partial charge in [-0.2, -0.15) is 10.2 Å². The lowest BCUT2D eigenvalue weighted by atomic mass is 10.1. The molecule has 1 fully saturated rings. The van der Waals surface area contributed by atoms with Gasteiger partial charge in [0.15, 0.2) is 0 Å². The largest absolute Gasteiger partial charge is 0.367 e. The molecular formula is C20H22N6O3. The van der Waals surface area contributed by atoms with Crippen LogP contribution in [0.2, 0.25) is 0 Å². The molecule has 3 heterocycles. The molecule has 1 aromatic carbocycles. The number of carbonyl (C=O) groups excluding carboxylic acids is 2. The first-order chi connectivity index (χ1) is 13.9. The molecule has 1 aromatic heterocycles. The molecule has 0 saturated carbocycles. The normalized spacial score (nSPS) is 17.0. The fourth-order valence-electron chi connectivity index (χ4n) is 3.49. The second kappa shape index (κ2) is 7.50. The molecule has 0 aliphatic carbocycles. The molecule has 0 radical (unpaired) electrons. The molecule has 2 aliphatic heterocycles. The van der Waals surface area contributed by atoms with Gasteiger partial charge in [-0.15, -0.1) is 0 Å². The SMILES string of the molecule is CC1=NN(c2ccc(C(=O)N3CCN(c4cnn(C)c(=O)c4)CC3)cc2)C(=O)C1. The van der Waals surface area contributed by atoms with E-state index in [0.717, 1.165) is 11.4 Å². The van der Waals surface area contributed by atoms with Crippen molar-refractivity contribution in [2.24, 2.45) is 12.1 Å². The molecule has 2 aliphatic rings. The highest BCUT2D eigenvalue weighted by atomic mass is 16.2. The number of anilines is 2. The van der Waals surface area contributed by atoms with E-state index in [2.05, 4.69) is 15.1 Å². The Bertz CT molecular complexity index is 1030. The van der Waals surface area contributed by atoms with Gasteiger partial charge in [0.05, 0.1) is 24.0 Å². The first kappa shape index (κ1) is 18.9. The molecule has 0 N–H and O–H groups in total. The maximum absolute atomic E-state index is 12.8. The third kappa shape index (κ3) is 3.75. The van der Waals surface area contributed by atoms with Crippen molar-refractivity contribution in [2.45, 2.75) is 13.3 Å². The number of aryl methyl sites for hydroxylation is 1. The molecule has 4 rings (SSSR count). The molecule has 1 saturated heterocycles. The van der Waals surface area contributed by atoms with Crippen LogP contribution in [-0.2, 0) is 11.8 Å². The highest BCUT2D eigenvalue weighted by Gasteiger charge is 2.25. The smallest absolute Gasteiger partial charge is 0.268 e. The summed E-state index contributed by atoms with van der Waals surface area (Å²) in [5.74, 6) is -0.117. The molecule has 2 amide bonds. The van der Waals surface area contributed by atoms with E-state index in [-0.39, 0.29) is 17.4 Å². The molecule has 0 bridgehead atoms. The summed E-state index contributed by atoms with van der Waals surface area (Å²) in [6, 6.07) is 8.51. The van der Waals surface area contributed by atoms with Gasteiger partial charge in [0.2, 0.25) is 0 Å². The monoisotopic (exact) mass is 394 g/mol. The lowest BCUT2D eigenvalue weighted by Gasteiger charge is -2.35. The van der Waals surface area contributed by atoms with Crippen LogP contribution in [0, 0.1) is 0 Å². The third-order valence-electron chi connectivity index (χ3n) is 5.16. The Morgan fingerprint density at radius 2 is 1.69 bits per heavy atom. The number of piperazine rings is 1. The first-order valence-electron chi connectivity index (χ1n) is 9.47. The van der Waals surface area contributed by atoms with Crippen LogP contribution in [0.5, 0.6) is 0 Å². The number of hydrazone groups is 1. The molecule has 150 valence electrons. The minimum Gasteiger partial charge on any atom is -0.367 e. The predicted molar refractivity (Wildman–Crippen MR) is 109 cm³/mol. The fraction of sp³-hybridized carbons (Fsp3) is 0.350. The van der Waals surface area contributed by atoms with E-state index in [0.29, 0.717) is 43.9 Å². The van der Waals surface area contributed by atoms with Crippen LogP contribution < -0.4 is 15.5 Å². The Hall–Kier alpha value is -3.49. The van der Waals surface area contributed by atoms with Gasteiger partial charge in [-0.25, -0.2) is 9.69 Å². The van der Waals surface area contributed by atoms with Gasteiger partial charge >= 0.3 is 0 Å². The van der Waals surface area contributed by atoms with Gasteiger partial charge in [-0.1, -0.05) is 0 Å². The minimum atomic E-state index is -0.155. The maximum atomic E-state index is 12.8. The minimum absolute atomic E-state index is 0.0502. The van der Waals surface area contributed by atoms with Gasteiger partial charge < -0.3 is 9.80 Å². The van der Waals surface area contributed by atoms with E-state index >= 15 is 0 Å². The summed E-state index contributed by atoms with van der Waals surface area (Å²) in [4.78, 5) is 40.4. The standard InChI is InChI=1S/C20H22N6O3/c1-14-11-19(28)26(22-14)16-5-3-15(4-6-16)20(29)25-9-7-24(8-10-25)17-12-18(27)23(2)21-13-17/h3-6,12-13H,7-11H2,1-2H3. The van der Waals surface area contributed by atoms with Gasteiger partial charge in [-0.05, 0) is 31.2 Å². The Morgan fingerprint density at radius 1 is 1.00 bits per heavy atom. The molecule has 9 nitrogen and oxygen atoms in total. The average Bonchev–Trinajstić information content (AvgIpc) is 3.08. The number of aromatic nitrogens is 2. The number of amides is 2. The van der Waals surface area contributed by atoms with Crippen molar-refractivity contribution in [3.05, 3.63) is 52.4 Å². The Labute approximate surface area is 167 Å². The van der Waals surface area contributed by atoms with Crippen molar-refractivity contribution in [1.29, 1.82) is 0 Å². The van der Waals surface area contributed by atoms with Crippen molar-refractivity contribution >= 4 is 28.9 Å². The van der Waals surface area contributed by atoms with Crippen molar-refractivity contribution in [3.63, 3.8) is 0 Å². The van der Waals surface area contributed by atoms with E-state index in [4.69, 9.17) is 0 Å². The van der Waals surface area contributed by atoms with Gasteiger partial charge in [0.25, 0.3) is 17.4 Å². The quantitative estimate of drug-likeness (QED) is 0.770. The molecule has 0 spiro atoms. The average molecular weight is 394 g/mol. The summed E-state index contributed by atoms with van der Waals surface area (Å²) in [7, 11) is 1.61. The number of nitrogens with zero attached hydrogens (tertiary/aromatic N) is 6. The van der Waals surface area contributed by atoms with Crippen molar-refractivity contribution in [3.8, 4) is 0 Å². The van der Waals surface area contributed by atoms with Crippen LogP contribution in [0.4, 0.5) is 11.4 Å². The van der Waals surface area contributed by atoms with E-state index in [1.807, 2.05) is 6.92 Å². The van der Waals surface area contributed by atoms with Crippen LogP contribution in [-0.4, -0.2) is 58.4 Å². The van der Waals surface area contributed by atoms with E-state index in [9.17, 15) is 14.4 Å². The summed E-state index contributed by atoms with van der Waals surface area (Å²) in [5.41, 5.74) is 2.63. The third-order valence-corrected chi connectivity index (χ3v) is 5.16. The van der Waals surface area contributed by atoms with Crippen molar-refractivity contribution in [2.75, 3.05) is 36.1 Å². The number of hydrogen-bond acceptors (Lipinski definition) is 6. The fourth-order valence-corrected chi connectivity index (χ4v) is 3.49. The lowest BCUT2D eigenvalue weighted by Crippen LogP contribution is -2.49. The maximum Gasteiger partial charge on any atom is 0.268 e. The van der Waals surface area contributed by atoms with Crippen LogP contribution in [0.25, 0.3) is 0 Å². The summed E-state index contributed by atoms with van der Waals surface area (Å²) < 4.78 is 1.29. The zero-order chi connectivity index (χ0) is 20.5. The summed E-state index contributed by atoms with van der Waals surface area (Å²) >= 11 is 0. The summed E-state index contributed by atoms with van der Waals surface area (Å²) in [5, 5.41) is 9.65. The second-order valence-electron chi connectivity index (χ2n) is 7.22. The molecule has 2 aromatic rings. The van der Waals surface area contributed by atoms with Crippen LogP contribution in [0.15, 0.2) is 46.4 Å². The van der Waals surface area contributed by atoms with Crippen molar-refractivity contribution < 1.29 is 9.59 Å². The molecule has 9 heteroatoms. The summed E-state index contributed by atoms with van der Waals surface area (Å²) in [6.45, 7) is 4.20. The molecule has 0 atom stereocenters. The van der Waals surface area contributed by atoms with Crippen LogP contribution in [0.1, 0.15) is 23.7 Å².